The first-order valence-electron chi connectivity index (χ1n) is 5.69. The molecule has 6 heteroatoms. The lowest BCUT2D eigenvalue weighted by atomic mass is 10.1. The predicted molar refractivity (Wildman–Crippen MR) is 64.5 cm³/mol. The summed E-state index contributed by atoms with van der Waals surface area (Å²) in [6, 6.07) is 4.28. The van der Waals surface area contributed by atoms with Crippen molar-refractivity contribution in [2.45, 2.75) is 12.3 Å². The zero-order chi connectivity index (χ0) is 12.5. The van der Waals surface area contributed by atoms with E-state index in [9.17, 15) is 4.39 Å². The third-order valence-corrected chi connectivity index (χ3v) is 3.19. The van der Waals surface area contributed by atoms with Crippen molar-refractivity contribution in [1.82, 2.24) is 15.0 Å². The molecule has 3 rings (SSSR count). The summed E-state index contributed by atoms with van der Waals surface area (Å²) in [4.78, 5) is 0. The van der Waals surface area contributed by atoms with Crippen molar-refractivity contribution >= 4 is 11.6 Å². The molecule has 0 saturated carbocycles. The van der Waals surface area contributed by atoms with Crippen molar-refractivity contribution in [3.8, 4) is 5.69 Å². The van der Waals surface area contributed by atoms with E-state index in [4.69, 9.17) is 16.3 Å². The first-order chi connectivity index (χ1) is 8.72. The first-order valence-corrected chi connectivity index (χ1v) is 6.06. The lowest BCUT2D eigenvalue weighted by molar-refractivity contribution is 0.193. The van der Waals surface area contributed by atoms with E-state index >= 15 is 0 Å². The molecule has 0 aliphatic carbocycles. The highest BCUT2D eigenvalue weighted by Gasteiger charge is 2.21. The fourth-order valence-corrected chi connectivity index (χ4v) is 2.25. The summed E-state index contributed by atoms with van der Waals surface area (Å²) in [5.74, 6) is -0.110. The van der Waals surface area contributed by atoms with Crippen LogP contribution in [-0.4, -0.2) is 28.2 Å². The fourth-order valence-electron chi connectivity index (χ4n) is 2.03. The van der Waals surface area contributed by atoms with Crippen LogP contribution in [0.4, 0.5) is 4.39 Å². The molecule has 2 heterocycles. The largest absolute Gasteiger partial charge is 0.381 e. The second-order valence-electron chi connectivity index (χ2n) is 4.28. The Balaban J connectivity index is 1.92. The van der Waals surface area contributed by atoms with Gasteiger partial charge in [0.05, 0.1) is 24.2 Å². The predicted octanol–water partition coefficient (Wildman–Crippen LogP) is 2.56. The van der Waals surface area contributed by atoms with Crippen LogP contribution < -0.4 is 0 Å². The topological polar surface area (TPSA) is 39.9 Å². The number of hydrogen-bond donors (Lipinski definition) is 0. The Labute approximate surface area is 108 Å². The molecule has 1 saturated heterocycles. The van der Waals surface area contributed by atoms with Crippen molar-refractivity contribution in [3.63, 3.8) is 0 Å². The van der Waals surface area contributed by atoms with Crippen molar-refractivity contribution in [1.29, 1.82) is 0 Å². The summed E-state index contributed by atoms with van der Waals surface area (Å²) in [5, 5.41) is 8.44. The van der Waals surface area contributed by atoms with Crippen LogP contribution in [0.5, 0.6) is 0 Å². The second kappa shape index (κ2) is 4.66. The molecule has 1 aliphatic rings. The first kappa shape index (κ1) is 11.6. The summed E-state index contributed by atoms with van der Waals surface area (Å²) in [7, 11) is 0. The highest BCUT2D eigenvalue weighted by molar-refractivity contribution is 6.30. The van der Waals surface area contributed by atoms with Gasteiger partial charge in [-0.25, -0.2) is 9.07 Å². The van der Waals surface area contributed by atoms with E-state index in [1.807, 2.05) is 0 Å². The average molecular weight is 268 g/mol. The lowest BCUT2D eigenvalue weighted by Crippen LogP contribution is -1.97. The summed E-state index contributed by atoms with van der Waals surface area (Å²) in [6.45, 7) is 1.42. The van der Waals surface area contributed by atoms with E-state index in [-0.39, 0.29) is 5.92 Å². The Morgan fingerprint density at radius 2 is 2.28 bits per heavy atom. The summed E-state index contributed by atoms with van der Waals surface area (Å²) in [5.41, 5.74) is 1.44. The van der Waals surface area contributed by atoms with Gasteiger partial charge in [0.1, 0.15) is 5.82 Å². The Hall–Kier alpha value is -1.46. The molecule has 1 fully saturated rings. The molecular formula is C12H11ClFN3O. The van der Waals surface area contributed by atoms with Gasteiger partial charge in [-0.2, -0.15) is 0 Å². The number of aromatic nitrogens is 3. The van der Waals surface area contributed by atoms with E-state index in [0.717, 1.165) is 18.7 Å². The highest BCUT2D eigenvalue weighted by atomic mass is 35.5. The number of benzene rings is 1. The molecule has 2 aromatic rings. The van der Waals surface area contributed by atoms with Crippen molar-refractivity contribution in [3.05, 3.63) is 40.9 Å². The molecule has 4 nitrogen and oxygen atoms in total. The minimum absolute atomic E-state index is 0.280. The molecule has 1 aromatic carbocycles. The van der Waals surface area contributed by atoms with Crippen LogP contribution >= 0.6 is 11.6 Å². The van der Waals surface area contributed by atoms with Gasteiger partial charge in [0.2, 0.25) is 0 Å². The molecule has 0 bridgehead atoms. The van der Waals surface area contributed by atoms with E-state index < -0.39 is 5.82 Å². The van der Waals surface area contributed by atoms with Gasteiger partial charge in [-0.15, -0.1) is 5.10 Å². The molecule has 0 spiro atoms. The third-order valence-electron chi connectivity index (χ3n) is 2.97. The number of nitrogens with zero attached hydrogens (tertiary/aromatic N) is 3. The summed E-state index contributed by atoms with van der Waals surface area (Å²) >= 11 is 5.81. The van der Waals surface area contributed by atoms with Gasteiger partial charge in [0.15, 0.2) is 0 Å². The molecule has 0 radical (unpaired) electrons. The lowest BCUT2D eigenvalue weighted by Gasteiger charge is -2.02. The molecule has 94 valence electrons. The third kappa shape index (κ3) is 2.23. The van der Waals surface area contributed by atoms with Gasteiger partial charge < -0.3 is 4.74 Å². The average Bonchev–Trinajstić information content (AvgIpc) is 2.99. The van der Waals surface area contributed by atoms with Gasteiger partial charge in [-0.05, 0) is 24.6 Å². The van der Waals surface area contributed by atoms with E-state index in [1.54, 1.807) is 12.3 Å². The normalized spacial score (nSPS) is 19.3. The van der Waals surface area contributed by atoms with Crippen LogP contribution in [0.3, 0.4) is 0 Å². The Morgan fingerprint density at radius 3 is 3.00 bits per heavy atom. The zero-order valence-corrected chi connectivity index (χ0v) is 10.3. The quantitative estimate of drug-likeness (QED) is 0.840. The summed E-state index contributed by atoms with van der Waals surface area (Å²) in [6.07, 6.45) is 2.74. The van der Waals surface area contributed by atoms with Crippen LogP contribution in [-0.2, 0) is 4.74 Å². The van der Waals surface area contributed by atoms with Crippen LogP contribution in [0.15, 0.2) is 24.4 Å². The van der Waals surface area contributed by atoms with Gasteiger partial charge in [-0.1, -0.05) is 16.8 Å². The van der Waals surface area contributed by atoms with Gasteiger partial charge in [0.25, 0.3) is 0 Å². The molecule has 18 heavy (non-hydrogen) atoms. The Morgan fingerprint density at radius 1 is 1.39 bits per heavy atom. The highest BCUT2D eigenvalue weighted by Crippen LogP contribution is 2.24. The van der Waals surface area contributed by atoms with Crippen LogP contribution in [0.1, 0.15) is 18.0 Å². The van der Waals surface area contributed by atoms with Gasteiger partial charge in [0, 0.05) is 17.5 Å². The van der Waals surface area contributed by atoms with Crippen molar-refractivity contribution in [2.75, 3.05) is 13.2 Å². The standard InChI is InChI=1S/C12H11ClFN3O/c13-9-3-10(14)5-11(4-9)17-6-12(15-16-17)8-1-2-18-7-8/h3-6,8H,1-2,7H2. The monoisotopic (exact) mass is 267 g/mol. The minimum Gasteiger partial charge on any atom is -0.381 e. The fraction of sp³-hybridized carbons (Fsp3) is 0.333. The maximum absolute atomic E-state index is 13.3. The molecule has 1 unspecified atom stereocenters. The van der Waals surface area contributed by atoms with Crippen molar-refractivity contribution < 1.29 is 9.13 Å². The van der Waals surface area contributed by atoms with Gasteiger partial charge in [-0.3, -0.25) is 0 Å². The van der Waals surface area contributed by atoms with Gasteiger partial charge >= 0.3 is 0 Å². The minimum atomic E-state index is -0.390. The second-order valence-corrected chi connectivity index (χ2v) is 4.71. The molecule has 0 N–H and O–H groups in total. The number of hydrogen-bond acceptors (Lipinski definition) is 3. The van der Waals surface area contributed by atoms with Crippen molar-refractivity contribution in [2.24, 2.45) is 0 Å². The zero-order valence-electron chi connectivity index (χ0n) is 9.51. The smallest absolute Gasteiger partial charge is 0.126 e. The Kier molecular flexibility index (Phi) is 3.01. The van der Waals surface area contributed by atoms with Crippen LogP contribution in [0.25, 0.3) is 5.69 Å². The molecule has 0 amide bonds. The molecule has 1 aliphatic heterocycles. The molecule has 1 aromatic heterocycles. The van der Waals surface area contributed by atoms with E-state index in [2.05, 4.69) is 10.3 Å². The number of ether oxygens (including phenoxy) is 1. The number of halogens is 2. The maximum atomic E-state index is 13.3. The SMILES string of the molecule is Fc1cc(Cl)cc(-n2cc(C3CCOC3)nn2)c1. The molecular weight excluding hydrogens is 257 g/mol. The van der Waals surface area contributed by atoms with E-state index in [0.29, 0.717) is 17.3 Å². The van der Waals surface area contributed by atoms with Crippen LogP contribution in [0, 0.1) is 5.82 Å². The van der Waals surface area contributed by atoms with Crippen LogP contribution in [0.2, 0.25) is 5.02 Å². The molecule has 1 atom stereocenters. The number of rotatable bonds is 2. The maximum Gasteiger partial charge on any atom is 0.126 e. The van der Waals surface area contributed by atoms with E-state index in [1.165, 1.54) is 16.8 Å². The Bertz CT molecular complexity index is 546. The summed E-state index contributed by atoms with van der Waals surface area (Å²) < 4.78 is 20.1.